The monoisotopic (exact) mass is 331 g/mol. The first-order chi connectivity index (χ1) is 8.91. The van der Waals surface area contributed by atoms with E-state index in [4.69, 9.17) is 5.11 Å². The van der Waals surface area contributed by atoms with Crippen molar-refractivity contribution in [1.82, 2.24) is 4.90 Å². The van der Waals surface area contributed by atoms with E-state index in [1.54, 1.807) is 0 Å². The molecule has 0 radical (unpaired) electrons. The minimum absolute atomic E-state index is 0.0449. The van der Waals surface area contributed by atoms with Crippen LogP contribution in [0.4, 0.5) is 4.39 Å². The number of nitrogens with zero attached hydrogens (tertiary/aromatic N) is 1. The Bertz CT molecular complexity index is 536. The Morgan fingerprint density at radius 1 is 1.42 bits per heavy atom. The maximum atomic E-state index is 13.8. The number of aliphatic hydroxyl groups excluding tert-OH is 1. The summed E-state index contributed by atoms with van der Waals surface area (Å²) in [5, 5.41) is 18.5. The van der Waals surface area contributed by atoms with Gasteiger partial charge in [-0.2, -0.15) is 0 Å². The summed E-state index contributed by atoms with van der Waals surface area (Å²) in [5.41, 5.74) is -0.213. The maximum Gasteiger partial charge on any atom is 0.326 e. The van der Waals surface area contributed by atoms with Gasteiger partial charge in [0, 0.05) is 13.0 Å². The van der Waals surface area contributed by atoms with Crippen molar-refractivity contribution in [3.8, 4) is 0 Å². The van der Waals surface area contributed by atoms with E-state index < -0.39 is 29.8 Å². The molecule has 1 heterocycles. The molecule has 1 amide bonds. The highest BCUT2D eigenvalue weighted by atomic mass is 79.9. The second kappa shape index (κ2) is 5.26. The first-order valence-corrected chi connectivity index (χ1v) is 6.37. The predicted molar refractivity (Wildman–Crippen MR) is 67.2 cm³/mol. The van der Waals surface area contributed by atoms with Gasteiger partial charge in [0.05, 0.1) is 16.1 Å². The molecule has 1 aromatic rings. The summed E-state index contributed by atoms with van der Waals surface area (Å²) in [6.07, 6.45) is -0.947. The van der Waals surface area contributed by atoms with Gasteiger partial charge in [-0.25, -0.2) is 9.18 Å². The highest BCUT2D eigenvalue weighted by Crippen LogP contribution is 2.24. The van der Waals surface area contributed by atoms with Gasteiger partial charge in [-0.05, 0) is 28.1 Å². The summed E-state index contributed by atoms with van der Waals surface area (Å²) in [6, 6.07) is 3.09. The summed E-state index contributed by atoms with van der Waals surface area (Å²) in [5.74, 6) is -2.68. The van der Waals surface area contributed by atoms with Crippen LogP contribution in [0.15, 0.2) is 22.7 Å². The number of rotatable bonds is 2. The molecule has 102 valence electrons. The maximum absolute atomic E-state index is 13.8. The van der Waals surface area contributed by atoms with Gasteiger partial charge in [-0.15, -0.1) is 0 Å². The summed E-state index contributed by atoms with van der Waals surface area (Å²) in [6.45, 7) is -0.109. The lowest BCUT2D eigenvalue weighted by Crippen LogP contribution is -2.41. The number of aliphatic hydroxyl groups is 1. The van der Waals surface area contributed by atoms with Crippen LogP contribution in [0.3, 0.4) is 0 Å². The minimum atomic E-state index is -1.21. The van der Waals surface area contributed by atoms with Gasteiger partial charge in [0.25, 0.3) is 5.91 Å². The number of β-amino-alcohol motifs (C(OH)–C–C–N with tert-alkyl or cyclic N) is 1. The first kappa shape index (κ1) is 14.0. The van der Waals surface area contributed by atoms with Crippen molar-refractivity contribution in [2.75, 3.05) is 6.54 Å². The number of carbonyl (C=O) groups excluding carboxylic acids is 1. The average Bonchev–Trinajstić information content (AvgIpc) is 2.74. The summed E-state index contributed by atoms with van der Waals surface area (Å²) < 4.78 is 14.0. The molecular formula is C12H11BrFNO4. The van der Waals surface area contributed by atoms with Crippen LogP contribution in [0.2, 0.25) is 0 Å². The van der Waals surface area contributed by atoms with Gasteiger partial charge < -0.3 is 15.1 Å². The zero-order chi connectivity index (χ0) is 14.2. The highest BCUT2D eigenvalue weighted by molar-refractivity contribution is 9.10. The summed E-state index contributed by atoms with van der Waals surface area (Å²) >= 11 is 2.97. The van der Waals surface area contributed by atoms with E-state index in [2.05, 4.69) is 15.9 Å². The van der Waals surface area contributed by atoms with Crippen LogP contribution < -0.4 is 0 Å². The zero-order valence-electron chi connectivity index (χ0n) is 9.72. The van der Waals surface area contributed by atoms with E-state index in [1.807, 2.05) is 0 Å². The molecule has 1 saturated heterocycles. The molecule has 0 spiro atoms. The predicted octanol–water partition coefficient (Wildman–Crippen LogP) is 1.25. The van der Waals surface area contributed by atoms with Gasteiger partial charge >= 0.3 is 5.97 Å². The molecule has 0 aromatic heterocycles. The van der Waals surface area contributed by atoms with Crippen molar-refractivity contribution in [2.24, 2.45) is 0 Å². The third-order valence-electron chi connectivity index (χ3n) is 3.01. The van der Waals surface area contributed by atoms with Crippen molar-refractivity contribution in [3.63, 3.8) is 0 Å². The fraction of sp³-hybridized carbons (Fsp3) is 0.333. The summed E-state index contributed by atoms with van der Waals surface area (Å²) in [7, 11) is 0. The second-order valence-electron chi connectivity index (χ2n) is 4.30. The number of benzene rings is 1. The molecular weight excluding hydrogens is 321 g/mol. The molecule has 5 nitrogen and oxygen atoms in total. The van der Waals surface area contributed by atoms with E-state index in [-0.39, 0.29) is 23.0 Å². The molecule has 0 bridgehead atoms. The zero-order valence-corrected chi connectivity index (χ0v) is 11.3. The molecule has 0 aliphatic carbocycles. The Balaban J connectivity index is 2.33. The van der Waals surface area contributed by atoms with Crippen molar-refractivity contribution < 1.29 is 24.2 Å². The van der Waals surface area contributed by atoms with Crippen molar-refractivity contribution in [2.45, 2.75) is 18.6 Å². The molecule has 2 N–H and O–H groups in total. The smallest absolute Gasteiger partial charge is 0.326 e. The Kier molecular flexibility index (Phi) is 3.86. The highest BCUT2D eigenvalue weighted by Gasteiger charge is 2.39. The fourth-order valence-electron chi connectivity index (χ4n) is 2.10. The summed E-state index contributed by atoms with van der Waals surface area (Å²) in [4.78, 5) is 24.2. The van der Waals surface area contributed by atoms with E-state index >= 15 is 0 Å². The third kappa shape index (κ3) is 2.62. The number of carboxylic acids is 1. The van der Waals surface area contributed by atoms with Crippen molar-refractivity contribution >= 4 is 27.8 Å². The number of amides is 1. The van der Waals surface area contributed by atoms with Crippen LogP contribution in [0.1, 0.15) is 16.8 Å². The molecule has 1 aromatic carbocycles. The van der Waals surface area contributed by atoms with Crippen LogP contribution in [0, 0.1) is 5.82 Å². The SMILES string of the molecule is O=C(O)[C@H]1C[C@@H](O)CN1C(=O)c1cccc(Br)c1F. The molecule has 1 aliphatic rings. The molecule has 0 saturated carbocycles. The molecule has 2 atom stereocenters. The van der Waals surface area contributed by atoms with E-state index in [9.17, 15) is 19.1 Å². The second-order valence-corrected chi connectivity index (χ2v) is 5.16. The lowest BCUT2D eigenvalue weighted by molar-refractivity contribution is -0.141. The lowest BCUT2D eigenvalue weighted by atomic mass is 10.1. The van der Waals surface area contributed by atoms with Crippen molar-refractivity contribution in [1.29, 1.82) is 0 Å². The number of likely N-dealkylation sites (tertiary alicyclic amines) is 1. The Morgan fingerprint density at radius 2 is 2.11 bits per heavy atom. The lowest BCUT2D eigenvalue weighted by Gasteiger charge is -2.21. The Hall–Kier alpha value is -1.47. The Morgan fingerprint density at radius 3 is 2.74 bits per heavy atom. The number of halogens is 2. The molecule has 7 heteroatoms. The Labute approximate surface area is 116 Å². The average molecular weight is 332 g/mol. The van der Waals surface area contributed by atoms with Crippen LogP contribution in [0.5, 0.6) is 0 Å². The largest absolute Gasteiger partial charge is 0.480 e. The van der Waals surface area contributed by atoms with Gasteiger partial charge in [0.15, 0.2) is 0 Å². The van der Waals surface area contributed by atoms with Crippen LogP contribution in [-0.2, 0) is 4.79 Å². The van der Waals surface area contributed by atoms with E-state index in [1.165, 1.54) is 18.2 Å². The number of aliphatic carboxylic acids is 1. The topological polar surface area (TPSA) is 77.8 Å². The number of hydrogen-bond donors (Lipinski definition) is 2. The fourth-order valence-corrected chi connectivity index (χ4v) is 2.46. The molecule has 1 aliphatic heterocycles. The van der Waals surface area contributed by atoms with Gasteiger partial charge in [0.1, 0.15) is 11.9 Å². The normalized spacial score (nSPS) is 22.6. The molecule has 1 fully saturated rings. The minimum Gasteiger partial charge on any atom is -0.480 e. The quantitative estimate of drug-likeness (QED) is 0.854. The first-order valence-electron chi connectivity index (χ1n) is 5.57. The standard InChI is InChI=1S/C12H11BrFNO4/c13-8-3-1-2-7(10(8)14)11(17)15-5-6(16)4-9(15)12(18)19/h1-3,6,9,16H,4-5H2,(H,18,19)/t6-,9-/m1/s1. The van der Waals surface area contributed by atoms with Gasteiger partial charge in [-0.1, -0.05) is 6.07 Å². The molecule has 19 heavy (non-hydrogen) atoms. The van der Waals surface area contributed by atoms with E-state index in [0.29, 0.717) is 0 Å². The van der Waals surface area contributed by atoms with Gasteiger partial charge in [-0.3, -0.25) is 4.79 Å². The van der Waals surface area contributed by atoms with Crippen LogP contribution in [-0.4, -0.2) is 45.7 Å². The van der Waals surface area contributed by atoms with Crippen LogP contribution in [0.25, 0.3) is 0 Å². The number of carbonyl (C=O) groups is 2. The molecule has 2 rings (SSSR count). The molecule has 0 unspecified atom stereocenters. The van der Waals surface area contributed by atoms with Crippen molar-refractivity contribution in [3.05, 3.63) is 34.1 Å². The number of hydrogen-bond acceptors (Lipinski definition) is 3. The van der Waals surface area contributed by atoms with E-state index in [0.717, 1.165) is 4.90 Å². The number of carboxylic acid groups (broad SMARTS) is 1. The van der Waals surface area contributed by atoms with Gasteiger partial charge in [0.2, 0.25) is 0 Å². The third-order valence-corrected chi connectivity index (χ3v) is 3.62. The van der Waals surface area contributed by atoms with Crippen LogP contribution >= 0.6 is 15.9 Å².